The number of fused-ring (bicyclic) bond motifs is 6. The number of benzene rings is 3. The van der Waals surface area contributed by atoms with Gasteiger partial charge in [-0.2, -0.15) is 0 Å². The van der Waals surface area contributed by atoms with Crippen LogP contribution in [0.5, 0.6) is 23.0 Å². The van der Waals surface area contributed by atoms with E-state index in [1.807, 2.05) is 0 Å². The van der Waals surface area contributed by atoms with Gasteiger partial charge in [0.1, 0.15) is 23.0 Å². The Morgan fingerprint density at radius 2 is 1.34 bits per heavy atom. The highest BCUT2D eigenvalue weighted by atomic mass is 16.6. The monoisotopic (exact) mass is 475 g/mol. The van der Waals surface area contributed by atoms with Gasteiger partial charge in [-0.1, -0.05) is 6.07 Å². The molecular weight excluding hydrogens is 458 g/mol. The summed E-state index contributed by atoms with van der Waals surface area (Å²) in [7, 11) is 0. The van der Waals surface area contributed by atoms with Crippen molar-refractivity contribution in [3.05, 3.63) is 82.4 Å². The number of nitrogens with one attached hydrogen (secondary N) is 1. The van der Waals surface area contributed by atoms with E-state index in [9.17, 15) is 34.5 Å². The van der Waals surface area contributed by atoms with Gasteiger partial charge in [0.2, 0.25) is 11.8 Å². The summed E-state index contributed by atoms with van der Waals surface area (Å²) in [4.78, 5) is 44.3. The fourth-order valence-corrected chi connectivity index (χ4v) is 4.35. The van der Waals surface area contributed by atoms with Crippen LogP contribution in [0.1, 0.15) is 50.2 Å². The molecule has 1 fully saturated rings. The van der Waals surface area contributed by atoms with Gasteiger partial charge >= 0.3 is 11.9 Å². The summed E-state index contributed by atoms with van der Waals surface area (Å²) in [5.41, 5.74) is 0.159. The van der Waals surface area contributed by atoms with Crippen molar-refractivity contribution in [3.8, 4) is 23.0 Å². The highest BCUT2D eigenvalue weighted by Gasteiger charge is 2.53. The number of hydrogen-bond donors (Lipinski definition) is 4. The number of carboxylic acid groups (broad SMARTS) is 1. The minimum atomic E-state index is -1.38. The molecule has 3 aliphatic rings. The van der Waals surface area contributed by atoms with Gasteiger partial charge in [-0.05, 0) is 36.4 Å². The van der Waals surface area contributed by atoms with Gasteiger partial charge in [-0.25, -0.2) is 9.59 Å². The van der Waals surface area contributed by atoms with Crippen molar-refractivity contribution < 1.29 is 44.0 Å². The maximum absolute atomic E-state index is 12.7. The van der Waals surface area contributed by atoms with Gasteiger partial charge in [-0.3, -0.25) is 14.9 Å². The number of carbonyl (C=O) groups excluding carboxylic acids is 3. The fourth-order valence-electron chi connectivity index (χ4n) is 4.35. The number of aromatic carboxylic acids is 1. The third-order valence-corrected chi connectivity index (χ3v) is 5.88. The standard InChI is InChI=1S/C21H12O7.C4H5NO2/c22-11-2-5-15-17(8-11)27-18-9-12(23)3-6-16(18)21(15)14-4-1-10(19(24)25)7-13(14)20(26)28-21;6-3-1-2-4(7)5-3/h1-9,22-23H,(H,24,25);1-2H2,(H,5,6,7). The predicted octanol–water partition coefficient (Wildman–Crippen LogP) is 2.79. The molecule has 0 radical (unpaired) electrons. The van der Waals surface area contributed by atoms with Crippen LogP contribution in [0.15, 0.2) is 54.6 Å². The van der Waals surface area contributed by atoms with Crippen molar-refractivity contribution in [2.75, 3.05) is 0 Å². The lowest BCUT2D eigenvalue weighted by Gasteiger charge is -2.36. The summed E-state index contributed by atoms with van der Waals surface area (Å²) in [6.07, 6.45) is 0.748. The highest BCUT2D eigenvalue weighted by Crippen LogP contribution is 2.57. The Morgan fingerprint density at radius 1 is 0.800 bits per heavy atom. The molecule has 35 heavy (non-hydrogen) atoms. The molecule has 3 heterocycles. The lowest BCUT2D eigenvalue weighted by molar-refractivity contribution is -0.124. The number of carboxylic acids is 1. The fraction of sp³-hybridized carbons (Fsp3) is 0.120. The summed E-state index contributed by atoms with van der Waals surface area (Å²) in [5, 5.41) is 31.1. The molecule has 0 saturated carbocycles. The number of phenolic OH excluding ortho intramolecular Hbond substituents is 2. The number of rotatable bonds is 1. The average Bonchev–Trinajstić information content (AvgIpc) is 3.33. The largest absolute Gasteiger partial charge is 0.508 e. The van der Waals surface area contributed by atoms with E-state index in [1.54, 1.807) is 18.2 Å². The molecule has 3 aliphatic heterocycles. The van der Waals surface area contributed by atoms with Crippen LogP contribution in [0.3, 0.4) is 0 Å². The Balaban J connectivity index is 0.000000313. The van der Waals surface area contributed by atoms with Gasteiger partial charge in [0.05, 0.1) is 11.1 Å². The third kappa shape index (κ3) is 3.52. The van der Waals surface area contributed by atoms with Gasteiger partial charge in [0.25, 0.3) is 0 Å². The molecule has 176 valence electrons. The number of ether oxygens (including phenoxy) is 2. The SMILES string of the molecule is O=C(O)c1ccc2c(c1)C(=O)OC21c2ccc(O)cc2Oc2cc(O)ccc21.O=C1CCC(=O)N1. The van der Waals surface area contributed by atoms with Gasteiger partial charge < -0.3 is 24.8 Å². The first kappa shape index (κ1) is 22.0. The first-order chi connectivity index (χ1) is 16.7. The molecule has 0 aliphatic carbocycles. The predicted molar refractivity (Wildman–Crippen MR) is 117 cm³/mol. The summed E-state index contributed by atoms with van der Waals surface area (Å²) in [6.45, 7) is 0. The zero-order valence-corrected chi connectivity index (χ0v) is 17.9. The molecule has 0 atom stereocenters. The van der Waals surface area contributed by atoms with Crippen molar-refractivity contribution >= 4 is 23.8 Å². The molecule has 10 heteroatoms. The molecule has 1 saturated heterocycles. The van der Waals surface area contributed by atoms with Gasteiger partial charge in [0.15, 0.2) is 5.60 Å². The first-order valence-corrected chi connectivity index (χ1v) is 10.5. The van der Waals surface area contributed by atoms with E-state index >= 15 is 0 Å². The number of hydrogen-bond acceptors (Lipinski definition) is 8. The number of imide groups is 1. The van der Waals surface area contributed by atoms with Crippen LogP contribution in [0.2, 0.25) is 0 Å². The van der Waals surface area contributed by atoms with Crippen LogP contribution in [-0.2, 0) is 19.9 Å². The van der Waals surface area contributed by atoms with Crippen molar-refractivity contribution in [2.24, 2.45) is 0 Å². The minimum Gasteiger partial charge on any atom is -0.508 e. The second-order valence-electron chi connectivity index (χ2n) is 8.07. The molecule has 0 bridgehead atoms. The Labute approximate surface area is 197 Å². The first-order valence-electron chi connectivity index (χ1n) is 10.5. The van der Waals surface area contributed by atoms with E-state index in [-0.39, 0.29) is 45.9 Å². The van der Waals surface area contributed by atoms with Crippen molar-refractivity contribution in [2.45, 2.75) is 18.4 Å². The van der Waals surface area contributed by atoms with Gasteiger partial charge in [0, 0.05) is 41.7 Å². The molecule has 3 aromatic rings. The maximum atomic E-state index is 12.7. The van der Waals surface area contributed by atoms with E-state index < -0.39 is 17.5 Å². The highest BCUT2D eigenvalue weighted by molar-refractivity contribution is 6.02. The lowest BCUT2D eigenvalue weighted by atomic mass is 9.77. The molecule has 1 spiro atoms. The Bertz CT molecular complexity index is 1380. The van der Waals surface area contributed by atoms with E-state index in [0.29, 0.717) is 29.5 Å². The quantitative estimate of drug-likeness (QED) is 0.307. The molecule has 2 amide bonds. The summed E-state index contributed by atoms with van der Waals surface area (Å²) in [6, 6.07) is 13.1. The molecule has 3 aromatic carbocycles. The summed E-state index contributed by atoms with van der Waals surface area (Å²) < 4.78 is 11.7. The van der Waals surface area contributed by atoms with E-state index in [4.69, 9.17) is 9.47 Å². The molecule has 4 N–H and O–H groups in total. The molecular formula is C25H17NO9. The number of phenols is 2. The molecule has 0 aromatic heterocycles. The van der Waals surface area contributed by atoms with Crippen molar-refractivity contribution in [1.29, 1.82) is 0 Å². The van der Waals surface area contributed by atoms with E-state index in [1.165, 1.54) is 36.4 Å². The molecule has 10 nitrogen and oxygen atoms in total. The number of carbonyl (C=O) groups is 4. The van der Waals surface area contributed by atoms with Crippen LogP contribution in [0, 0.1) is 0 Å². The van der Waals surface area contributed by atoms with E-state index in [0.717, 1.165) is 0 Å². The number of aromatic hydroxyl groups is 2. The molecule has 0 unspecified atom stereocenters. The molecule has 6 rings (SSSR count). The Morgan fingerprint density at radius 3 is 1.83 bits per heavy atom. The van der Waals surface area contributed by atoms with Crippen LogP contribution in [0.25, 0.3) is 0 Å². The zero-order chi connectivity index (χ0) is 24.9. The van der Waals surface area contributed by atoms with Crippen LogP contribution < -0.4 is 10.1 Å². The van der Waals surface area contributed by atoms with Gasteiger partial charge in [-0.15, -0.1) is 0 Å². The number of amides is 2. The third-order valence-electron chi connectivity index (χ3n) is 5.88. The van der Waals surface area contributed by atoms with E-state index in [2.05, 4.69) is 5.32 Å². The van der Waals surface area contributed by atoms with Crippen LogP contribution in [0.4, 0.5) is 0 Å². The second-order valence-corrected chi connectivity index (χ2v) is 8.07. The number of esters is 1. The van der Waals surface area contributed by atoms with Crippen LogP contribution >= 0.6 is 0 Å². The maximum Gasteiger partial charge on any atom is 0.340 e. The summed E-state index contributed by atoms with van der Waals surface area (Å²) >= 11 is 0. The normalized spacial score (nSPS) is 16.2. The second kappa shape index (κ2) is 7.87. The van der Waals surface area contributed by atoms with Crippen molar-refractivity contribution in [3.63, 3.8) is 0 Å². The zero-order valence-electron chi connectivity index (χ0n) is 17.9. The lowest BCUT2D eigenvalue weighted by Crippen LogP contribution is -2.32. The topological polar surface area (TPSA) is 159 Å². The minimum absolute atomic E-state index is 0.0309. The Hall–Kier alpha value is -4.86. The average molecular weight is 475 g/mol. The van der Waals surface area contributed by atoms with Crippen molar-refractivity contribution in [1.82, 2.24) is 5.32 Å². The van der Waals surface area contributed by atoms with Crippen LogP contribution in [-0.4, -0.2) is 39.1 Å². The smallest absolute Gasteiger partial charge is 0.340 e. The summed E-state index contributed by atoms with van der Waals surface area (Å²) in [5.74, 6) is -1.67. The Kier molecular flexibility index (Phi) is 4.94.